The first-order chi connectivity index (χ1) is 8.74. The van der Waals surface area contributed by atoms with Crippen LogP contribution in [0.4, 0.5) is 0 Å². The van der Waals surface area contributed by atoms with Crippen LogP contribution >= 0.6 is 11.3 Å². The van der Waals surface area contributed by atoms with Crippen molar-refractivity contribution in [3.8, 4) is 0 Å². The number of fused-ring (bicyclic) bond motifs is 2. The largest absolute Gasteiger partial charge is 0.312 e. The summed E-state index contributed by atoms with van der Waals surface area (Å²) in [5, 5.41) is 3.63. The van der Waals surface area contributed by atoms with Crippen LogP contribution in [0.2, 0.25) is 0 Å². The number of nitrogens with zero attached hydrogens (tertiary/aromatic N) is 2. The molecular weight excluding hydrogens is 242 g/mol. The molecule has 4 heteroatoms. The Morgan fingerprint density at radius 2 is 2.11 bits per heavy atom. The maximum Gasteiger partial charge on any atom is 0.0798 e. The van der Waals surface area contributed by atoms with Crippen molar-refractivity contribution in [3.63, 3.8) is 0 Å². The van der Waals surface area contributed by atoms with Gasteiger partial charge in [-0.05, 0) is 52.1 Å². The normalized spacial score (nSPS) is 32.0. The van der Waals surface area contributed by atoms with E-state index in [0.29, 0.717) is 0 Å². The van der Waals surface area contributed by atoms with Gasteiger partial charge in [-0.15, -0.1) is 11.3 Å². The fraction of sp³-hybridized carbons (Fsp3) is 0.786. The van der Waals surface area contributed by atoms with E-state index in [4.69, 9.17) is 0 Å². The molecule has 3 rings (SSSR count). The minimum Gasteiger partial charge on any atom is -0.312 e. The summed E-state index contributed by atoms with van der Waals surface area (Å²) in [6.45, 7) is 4.28. The molecule has 0 aliphatic carbocycles. The van der Waals surface area contributed by atoms with Gasteiger partial charge in [0.05, 0.1) is 11.2 Å². The van der Waals surface area contributed by atoms with Gasteiger partial charge >= 0.3 is 0 Å². The van der Waals surface area contributed by atoms with Gasteiger partial charge in [0.25, 0.3) is 0 Å². The Balaban J connectivity index is 1.46. The van der Waals surface area contributed by atoms with Gasteiger partial charge in [0.1, 0.15) is 0 Å². The molecule has 2 bridgehead atoms. The van der Waals surface area contributed by atoms with E-state index in [0.717, 1.165) is 24.5 Å². The van der Waals surface area contributed by atoms with Crippen LogP contribution in [-0.2, 0) is 6.54 Å². The molecule has 2 aliphatic rings. The maximum absolute atomic E-state index is 4.30. The Labute approximate surface area is 114 Å². The van der Waals surface area contributed by atoms with E-state index >= 15 is 0 Å². The van der Waals surface area contributed by atoms with Crippen LogP contribution in [0.1, 0.15) is 36.3 Å². The van der Waals surface area contributed by atoms with Crippen LogP contribution in [0, 0.1) is 12.8 Å². The lowest BCUT2D eigenvalue weighted by atomic mass is 9.91. The predicted octanol–water partition coefficient (Wildman–Crippen LogP) is 2.41. The quantitative estimate of drug-likeness (QED) is 0.906. The number of thiazole rings is 1. The van der Waals surface area contributed by atoms with Gasteiger partial charge in [0.2, 0.25) is 0 Å². The van der Waals surface area contributed by atoms with Gasteiger partial charge in [-0.1, -0.05) is 0 Å². The minimum absolute atomic E-state index is 0.862. The average molecular weight is 265 g/mol. The number of hydrogen-bond donors (Lipinski definition) is 1. The van der Waals surface area contributed by atoms with E-state index < -0.39 is 0 Å². The molecule has 0 spiro atoms. The first-order valence-electron chi connectivity index (χ1n) is 7.05. The number of hydrogen-bond acceptors (Lipinski definition) is 4. The van der Waals surface area contributed by atoms with Crippen molar-refractivity contribution in [1.29, 1.82) is 0 Å². The molecule has 3 heterocycles. The second-order valence-electron chi connectivity index (χ2n) is 5.88. The fourth-order valence-electron chi connectivity index (χ4n) is 3.58. The summed E-state index contributed by atoms with van der Waals surface area (Å²) in [6, 6.07) is 1.72. The van der Waals surface area contributed by atoms with Crippen LogP contribution < -0.4 is 5.32 Å². The van der Waals surface area contributed by atoms with Crippen LogP contribution in [-0.4, -0.2) is 35.6 Å². The van der Waals surface area contributed by atoms with Crippen molar-refractivity contribution in [2.24, 2.45) is 5.92 Å². The molecular formula is C14H23N3S. The fourth-order valence-corrected chi connectivity index (χ4v) is 4.32. The number of piperidine rings is 1. The molecule has 1 aromatic heterocycles. The molecule has 0 radical (unpaired) electrons. The lowest BCUT2D eigenvalue weighted by Crippen LogP contribution is -2.42. The molecule has 0 amide bonds. The zero-order valence-electron chi connectivity index (χ0n) is 11.4. The lowest BCUT2D eigenvalue weighted by molar-refractivity contribution is 0.133. The van der Waals surface area contributed by atoms with Crippen molar-refractivity contribution in [2.45, 2.75) is 51.2 Å². The van der Waals surface area contributed by atoms with Gasteiger partial charge in [-0.2, -0.15) is 0 Å². The number of aryl methyl sites for hydroxylation is 1. The third kappa shape index (κ3) is 2.46. The Bertz CT molecular complexity index is 389. The number of rotatable bonds is 4. The van der Waals surface area contributed by atoms with Gasteiger partial charge in [-0.3, -0.25) is 0 Å². The standard InChI is InChI=1S/C14H23N3S/c1-10-14(18-9-16-10)8-15-7-11-5-12-3-4-13(6-11)17(12)2/h9,11-13,15H,3-8H2,1-2H3. The molecule has 1 aromatic rings. The van der Waals surface area contributed by atoms with Crippen molar-refractivity contribution < 1.29 is 0 Å². The molecule has 2 unspecified atom stereocenters. The molecule has 3 nitrogen and oxygen atoms in total. The Kier molecular flexibility index (Phi) is 3.68. The van der Waals surface area contributed by atoms with Crippen molar-refractivity contribution in [2.75, 3.05) is 13.6 Å². The zero-order chi connectivity index (χ0) is 12.5. The second-order valence-corrected chi connectivity index (χ2v) is 6.82. The van der Waals surface area contributed by atoms with Crippen LogP contribution in [0.5, 0.6) is 0 Å². The minimum atomic E-state index is 0.862. The first kappa shape index (κ1) is 12.6. The van der Waals surface area contributed by atoms with Crippen LogP contribution in [0.15, 0.2) is 5.51 Å². The maximum atomic E-state index is 4.30. The summed E-state index contributed by atoms with van der Waals surface area (Å²) < 4.78 is 0. The summed E-state index contributed by atoms with van der Waals surface area (Å²) in [6.07, 6.45) is 5.63. The lowest BCUT2D eigenvalue weighted by Gasteiger charge is -2.36. The molecule has 0 saturated carbocycles. The van der Waals surface area contributed by atoms with Crippen LogP contribution in [0.25, 0.3) is 0 Å². The second kappa shape index (κ2) is 5.27. The van der Waals surface area contributed by atoms with Gasteiger partial charge < -0.3 is 10.2 Å². The molecule has 2 saturated heterocycles. The van der Waals surface area contributed by atoms with E-state index in [1.54, 1.807) is 11.3 Å². The number of nitrogens with one attached hydrogen (secondary N) is 1. The molecule has 18 heavy (non-hydrogen) atoms. The number of aromatic nitrogens is 1. The first-order valence-corrected chi connectivity index (χ1v) is 7.93. The van der Waals surface area contributed by atoms with E-state index in [1.807, 2.05) is 5.51 Å². The molecule has 0 aromatic carbocycles. The zero-order valence-corrected chi connectivity index (χ0v) is 12.2. The SMILES string of the molecule is Cc1ncsc1CNCC1CC2CCC(C1)N2C. The molecule has 2 atom stereocenters. The predicted molar refractivity (Wildman–Crippen MR) is 75.9 cm³/mol. The summed E-state index contributed by atoms with van der Waals surface area (Å²) in [7, 11) is 2.31. The average Bonchev–Trinajstić information content (AvgIpc) is 2.82. The summed E-state index contributed by atoms with van der Waals surface area (Å²) in [4.78, 5) is 8.31. The highest BCUT2D eigenvalue weighted by Crippen LogP contribution is 2.37. The van der Waals surface area contributed by atoms with Gasteiger partial charge in [0, 0.05) is 23.5 Å². The summed E-state index contributed by atoms with van der Waals surface area (Å²) in [5.74, 6) is 0.881. The van der Waals surface area contributed by atoms with Gasteiger partial charge in [-0.25, -0.2) is 4.98 Å². The topological polar surface area (TPSA) is 28.2 Å². The Morgan fingerprint density at radius 1 is 1.39 bits per heavy atom. The smallest absolute Gasteiger partial charge is 0.0798 e. The highest BCUT2D eigenvalue weighted by atomic mass is 32.1. The molecule has 2 fully saturated rings. The van der Waals surface area contributed by atoms with Crippen molar-refractivity contribution in [1.82, 2.24) is 15.2 Å². The van der Waals surface area contributed by atoms with Crippen molar-refractivity contribution >= 4 is 11.3 Å². The monoisotopic (exact) mass is 265 g/mol. The Morgan fingerprint density at radius 3 is 2.72 bits per heavy atom. The van der Waals surface area contributed by atoms with Crippen molar-refractivity contribution in [3.05, 3.63) is 16.1 Å². The van der Waals surface area contributed by atoms with E-state index in [9.17, 15) is 0 Å². The van der Waals surface area contributed by atoms with E-state index in [-0.39, 0.29) is 0 Å². The van der Waals surface area contributed by atoms with Gasteiger partial charge in [0.15, 0.2) is 0 Å². The Hall–Kier alpha value is -0.450. The summed E-state index contributed by atoms with van der Waals surface area (Å²) >= 11 is 1.77. The third-order valence-electron chi connectivity index (χ3n) is 4.76. The molecule has 100 valence electrons. The van der Waals surface area contributed by atoms with E-state index in [2.05, 4.69) is 29.2 Å². The third-order valence-corrected chi connectivity index (χ3v) is 5.69. The highest BCUT2D eigenvalue weighted by molar-refractivity contribution is 7.09. The van der Waals surface area contributed by atoms with E-state index in [1.165, 1.54) is 42.8 Å². The highest BCUT2D eigenvalue weighted by Gasteiger charge is 2.37. The molecule has 2 aliphatic heterocycles. The van der Waals surface area contributed by atoms with Crippen LogP contribution in [0.3, 0.4) is 0 Å². The molecule has 1 N–H and O–H groups in total. The summed E-state index contributed by atoms with van der Waals surface area (Å²) in [5.41, 5.74) is 3.14.